The van der Waals surface area contributed by atoms with E-state index in [0.29, 0.717) is 0 Å². The number of hydrogen-bond acceptors (Lipinski definition) is 4. The van der Waals surface area contributed by atoms with Gasteiger partial charge in [-0.3, -0.25) is 0 Å². The van der Waals surface area contributed by atoms with E-state index in [1.54, 1.807) is 48.5 Å². The predicted octanol–water partition coefficient (Wildman–Crippen LogP) is 3.43. The molecule has 4 aromatic carbocycles. The smallest absolute Gasteiger partial charge is 0.545 e. The molecular weight excluding hydrogens is 440 g/mol. The first-order chi connectivity index (χ1) is 14.5. The Balaban J connectivity index is 0.000000213. The van der Waals surface area contributed by atoms with Gasteiger partial charge in [0.15, 0.2) is 0 Å². The molecule has 1 radical (unpaired) electrons. The quantitative estimate of drug-likeness (QED) is 0.440. The third kappa shape index (κ3) is 6.68. The van der Waals surface area contributed by atoms with Gasteiger partial charge in [0.05, 0.1) is 11.9 Å². The van der Waals surface area contributed by atoms with Crippen LogP contribution in [-0.2, 0) is 17.1 Å². The molecule has 0 fully saturated rings. The summed E-state index contributed by atoms with van der Waals surface area (Å²) in [7, 11) is 0. The largest absolute Gasteiger partial charge is 2.00 e. The number of carboxylic acid groups (broad SMARTS) is 2. The van der Waals surface area contributed by atoms with Crippen molar-refractivity contribution in [1.29, 1.82) is 0 Å². The van der Waals surface area contributed by atoms with Gasteiger partial charge in [0.1, 0.15) is 0 Å². The van der Waals surface area contributed by atoms with Crippen LogP contribution in [0.25, 0.3) is 22.3 Å². The van der Waals surface area contributed by atoms with Crippen LogP contribution in [0.15, 0.2) is 109 Å². The minimum Gasteiger partial charge on any atom is -0.545 e. The Labute approximate surface area is 191 Å². The monoisotopic (exact) mass is 457 g/mol. The van der Waals surface area contributed by atoms with Gasteiger partial charge in [0.25, 0.3) is 0 Å². The van der Waals surface area contributed by atoms with Gasteiger partial charge in [-0.1, -0.05) is 109 Å². The van der Waals surface area contributed by atoms with Gasteiger partial charge in [-0.25, -0.2) is 0 Å². The Bertz CT molecular complexity index is 1010. The molecule has 0 heterocycles. The summed E-state index contributed by atoms with van der Waals surface area (Å²) >= 11 is 0. The first-order valence-corrected chi connectivity index (χ1v) is 9.28. The minimum atomic E-state index is -1.14. The topological polar surface area (TPSA) is 80.3 Å². The summed E-state index contributed by atoms with van der Waals surface area (Å²) < 4.78 is 0. The molecule has 0 aromatic heterocycles. The van der Waals surface area contributed by atoms with Crippen molar-refractivity contribution in [2.75, 3.05) is 0 Å². The van der Waals surface area contributed by atoms with Gasteiger partial charge < -0.3 is 19.8 Å². The van der Waals surface area contributed by atoms with Crippen LogP contribution in [0.2, 0.25) is 0 Å². The molecule has 4 rings (SSSR count). The van der Waals surface area contributed by atoms with Crippen LogP contribution in [0, 0.1) is 0 Å². The molecule has 0 saturated heterocycles. The van der Waals surface area contributed by atoms with Crippen LogP contribution in [0.5, 0.6) is 0 Å². The Morgan fingerprint density at radius 2 is 0.677 bits per heavy atom. The van der Waals surface area contributed by atoms with Crippen LogP contribution in [0.3, 0.4) is 0 Å². The predicted molar refractivity (Wildman–Crippen MR) is 112 cm³/mol. The van der Waals surface area contributed by atoms with E-state index in [4.69, 9.17) is 0 Å². The number of benzene rings is 4. The van der Waals surface area contributed by atoms with Crippen molar-refractivity contribution in [3.05, 3.63) is 120 Å². The normalized spacial score (nSPS) is 9.55. The minimum absolute atomic E-state index is 0. The molecular formula is C26H18CuO4. The van der Waals surface area contributed by atoms with Crippen molar-refractivity contribution in [2.45, 2.75) is 0 Å². The molecule has 0 spiro atoms. The Morgan fingerprint density at radius 1 is 0.419 bits per heavy atom. The van der Waals surface area contributed by atoms with E-state index in [1.165, 1.54) is 0 Å². The van der Waals surface area contributed by atoms with Gasteiger partial charge in [-0.05, 0) is 33.4 Å². The first-order valence-electron chi connectivity index (χ1n) is 9.28. The molecule has 0 amide bonds. The van der Waals surface area contributed by atoms with Crippen molar-refractivity contribution in [1.82, 2.24) is 0 Å². The average Bonchev–Trinajstić information content (AvgIpc) is 2.81. The summed E-state index contributed by atoms with van der Waals surface area (Å²) in [4.78, 5) is 21.1. The molecule has 0 aliphatic heterocycles. The first kappa shape index (κ1) is 23.6. The second-order valence-corrected chi connectivity index (χ2v) is 6.46. The fraction of sp³-hybridized carbons (Fsp3) is 0. The van der Waals surface area contributed by atoms with E-state index in [-0.39, 0.29) is 28.2 Å². The molecule has 0 saturated carbocycles. The SMILES string of the molecule is O=C([O-])c1ccc(-c2ccccc2)cc1.O=C([O-])c1ccc(-c2ccccc2)cc1.[Cu+2]. The molecule has 5 heteroatoms. The Hall–Kier alpha value is -3.66. The van der Waals surface area contributed by atoms with Crippen LogP contribution >= 0.6 is 0 Å². The third-order valence-electron chi connectivity index (χ3n) is 4.46. The van der Waals surface area contributed by atoms with Crippen molar-refractivity contribution in [3.8, 4) is 22.3 Å². The second-order valence-electron chi connectivity index (χ2n) is 6.46. The summed E-state index contributed by atoms with van der Waals surface area (Å²) in [5, 5.41) is 21.1. The second kappa shape index (κ2) is 11.5. The summed E-state index contributed by atoms with van der Waals surface area (Å²) in [5.74, 6) is -2.29. The summed E-state index contributed by atoms with van der Waals surface area (Å²) in [5.41, 5.74) is 4.55. The molecule has 4 nitrogen and oxygen atoms in total. The van der Waals surface area contributed by atoms with Crippen molar-refractivity contribution in [3.63, 3.8) is 0 Å². The fourth-order valence-corrected chi connectivity index (χ4v) is 2.86. The van der Waals surface area contributed by atoms with E-state index in [2.05, 4.69) is 0 Å². The Morgan fingerprint density at radius 3 is 0.935 bits per heavy atom. The summed E-state index contributed by atoms with van der Waals surface area (Å²) in [6.07, 6.45) is 0. The van der Waals surface area contributed by atoms with Crippen molar-refractivity contribution in [2.24, 2.45) is 0 Å². The van der Waals surface area contributed by atoms with E-state index >= 15 is 0 Å². The Kier molecular flexibility index (Phi) is 8.77. The average molecular weight is 458 g/mol. The molecule has 157 valence electrons. The van der Waals surface area contributed by atoms with Gasteiger partial charge in [-0.15, -0.1) is 0 Å². The zero-order chi connectivity index (χ0) is 21.3. The van der Waals surface area contributed by atoms with Gasteiger partial charge in [0.2, 0.25) is 0 Å². The number of hydrogen-bond donors (Lipinski definition) is 0. The summed E-state index contributed by atoms with van der Waals surface area (Å²) in [6, 6.07) is 32.9. The van der Waals surface area contributed by atoms with E-state index in [0.717, 1.165) is 22.3 Å². The third-order valence-corrected chi connectivity index (χ3v) is 4.46. The molecule has 0 aliphatic rings. The van der Waals surface area contributed by atoms with E-state index in [1.807, 2.05) is 60.7 Å². The maximum absolute atomic E-state index is 10.5. The molecule has 0 N–H and O–H groups in total. The molecule has 4 aromatic rings. The maximum Gasteiger partial charge on any atom is 2.00 e. The zero-order valence-corrected chi connectivity index (χ0v) is 17.3. The van der Waals surface area contributed by atoms with Crippen LogP contribution in [0.1, 0.15) is 20.7 Å². The van der Waals surface area contributed by atoms with Crippen LogP contribution in [0.4, 0.5) is 0 Å². The zero-order valence-electron chi connectivity index (χ0n) is 16.3. The molecule has 0 aliphatic carbocycles. The fourth-order valence-electron chi connectivity index (χ4n) is 2.86. The van der Waals surface area contributed by atoms with Crippen molar-refractivity contribution < 1.29 is 36.9 Å². The number of rotatable bonds is 4. The van der Waals surface area contributed by atoms with E-state index < -0.39 is 11.9 Å². The van der Waals surface area contributed by atoms with Crippen LogP contribution in [-0.4, -0.2) is 11.9 Å². The number of aromatic carboxylic acids is 2. The number of carbonyl (C=O) groups is 2. The summed E-state index contributed by atoms with van der Waals surface area (Å²) in [6.45, 7) is 0. The van der Waals surface area contributed by atoms with Gasteiger partial charge >= 0.3 is 17.1 Å². The van der Waals surface area contributed by atoms with Gasteiger partial charge in [0, 0.05) is 0 Å². The maximum atomic E-state index is 10.5. The molecule has 0 bridgehead atoms. The van der Waals surface area contributed by atoms with Crippen molar-refractivity contribution >= 4 is 11.9 Å². The molecule has 0 atom stereocenters. The standard InChI is InChI=1S/2C13H10O2.Cu/c2*14-13(15)12-8-6-11(7-9-12)10-4-2-1-3-5-10;/h2*1-9H,(H,14,15);/q;;+2/p-2. The number of carbonyl (C=O) groups excluding carboxylic acids is 2. The van der Waals surface area contributed by atoms with Gasteiger partial charge in [-0.2, -0.15) is 0 Å². The molecule has 0 unspecified atom stereocenters. The number of carboxylic acids is 2. The molecule has 31 heavy (non-hydrogen) atoms. The van der Waals surface area contributed by atoms with E-state index in [9.17, 15) is 19.8 Å². The van der Waals surface area contributed by atoms with Crippen LogP contribution < -0.4 is 10.2 Å².